The Bertz CT molecular complexity index is 1320. The number of fused-ring (bicyclic) bond motifs is 1. The van der Waals surface area contributed by atoms with Crippen molar-refractivity contribution in [3.8, 4) is 11.1 Å². The summed E-state index contributed by atoms with van der Waals surface area (Å²) in [6.45, 7) is 5.82. The molecule has 1 aliphatic heterocycles. The smallest absolute Gasteiger partial charge is 0.263 e. The minimum Gasteiger partial charge on any atom is -0.339 e. The van der Waals surface area contributed by atoms with Crippen molar-refractivity contribution in [3.05, 3.63) is 82.0 Å². The van der Waals surface area contributed by atoms with E-state index in [0.717, 1.165) is 30.8 Å². The van der Waals surface area contributed by atoms with E-state index in [2.05, 4.69) is 14.9 Å². The van der Waals surface area contributed by atoms with Crippen LogP contribution in [-0.2, 0) is 17.9 Å². The Labute approximate surface area is 195 Å². The number of thiophene rings is 1. The van der Waals surface area contributed by atoms with E-state index in [1.54, 1.807) is 12.4 Å². The number of hydrogen-bond donors (Lipinski definition) is 0. The van der Waals surface area contributed by atoms with Gasteiger partial charge in [-0.15, -0.1) is 11.3 Å². The van der Waals surface area contributed by atoms with Crippen LogP contribution in [0.1, 0.15) is 11.1 Å². The number of rotatable bonds is 5. The minimum absolute atomic E-state index is 0.00924. The van der Waals surface area contributed by atoms with Crippen molar-refractivity contribution in [2.24, 2.45) is 0 Å². The maximum atomic E-state index is 13.3. The minimum atomic E-state index is -0.165. The third-order valence-electron chi connectivity index (χ3n) is 6.11. The lowest BCUT2D eigenvalue weighted by Gasteiger charge is -2.34. The molecule has 3 aromatic heterocycles. The lowest BCUT2D eigenvalue weighted by atomic mass is 10.1. The van der Waals surface area contributed by atoms with Crippen molar-refractivity contribution in [2.75, 3.05) is 26.2 Å². The molecule has 1 aromatic carbocycles. The number of aryl methyl sites for hydroxylation is 1. The highest BCUT2D eigenvalue weighted by atomic mass is 32.1. The van der Waals surface area contributed by atoms with Gasteiger partial charge in [0, 0.05) is 56.1 Å². The number of amides is 1. The van der Waals surface area contributed by atoms with Crippen LogP contribution in [0.5, 0.6) is 0 Å². The Morgan fingerprint density at radius 3 is 2.48 bits per heavy atom. The second-order valence-electron chi connectivity index (χ2n) is 8.39. The van der Waals surface area contributed by atoms with Gasteiger partial charge in [-0.05, 0) is 30.2 Å². The largest absolute Gasteiger partial charge is 0.339 e. The average molecular weight is 460 g/mol. The summed E-state index contributed by atoms with van der Waals surface area (Å²) in [6, 6.07) is 12.1. The van der Waals surface area contributed by atoms with Crippen molar-refractivity contribution >= 4 is 27.5 Å². The van der Waals surface area contributed by atoms with Crippen LogP contribution in [0.25, 0.3) is 21.3 Å². The molecule has 0 saturated carbocycles. The number of benzene rings is 1. The quantitative estimate of drug-likeness (QED) is 0.458. The molecule has 0 unspecified atom stereocenters. The molecule has 0 bridgehead atoms. The Hall–Kier alpha value is -3.36. The summed E-state index contributed by atoms with van der Waals surface area (Å²) in [4.78, 5) is 39.6. The zero-order valence-electron chi connectivity index (χ0n) is 18.5. The molecule has 1 amide bonds. The van der Waals surface area contributed by atoms with Gasteiger partial charge in [-0.1, -0.05) is 29.8 Å². The number of carbonyl (C=O) groups excluding carboxylic acids is 1. The molecular formula is C25H25N5O2S. The molecule has 1 saturated heterocycles. The number of carbonyl (C=O) groups is 1. The molecule has 5 rings (SSSR count). The van der Waals surface area contributed by atoms with Gasteiger partial charge in [-0.2, -0.15) is 0 Å². The van der Waals surface area contributed by atoms with Crippen LogP contribution in [0.15, 0.2) is 65.3 Å². The first-order valence-corrected chi connectivity index (χ1v) is 11.9. The van der Waals surface area contributed by atoms with Crippen molar-refractivity contribution in [2.45, 2.75) is 20.0 Å². The number of piperazine rings is 1. The SMILES string of the molecule is Cc1ccc(-c2csc3ncn(CC(=O)N4CCN(Cc5ccncc5)CC4)c(=O)c23)cc1. The third-order valence-corrected chi connectivity index (χ3v) is 7.00. The Morgan fingerprint density at radius 2 is 1.76 bits per heavy atom. The number of hydrogen-bond acceptors (Lipinski definition) is 6. The summed E-state index contributed by atoms with van der Waals surface area (Å²) < 4.78 is 1.44. The molecule has 4 aromatic rings. The van der Waals surface area contributed by atoms with Crippen molar-refractivity contribution < 1.29 is 4.79 Å². The van der Waals surface area contributed by atoms with Gasteiger partial charge >= 0.3 is 0 Å². The van der Waals surface area contributed by atoms with Crippen molar-refractivity contribution in [3.63, 3.8) is 0 Å². The summed E-state index contributed by atoms with van der Waals surface area (Å²) in [7, 11) is 0. The third kappa shape index (κ3) is 4.58. The topological polar surface area (TPSA) is 71.3 Å². The van der Waals surface area contributed by atoms with Gasteiger partial charge in [-0.3, -0.25) is 24.0 Å². The molecule has 1 aliphatic rings. The fraction of sp³-hybridized carbons (Fsp3) is 0.280. The predicted octanol–water partition coefficient (Wildman–Crippen LogP) is 3.17. The molecule has 1 fully saturated rings. The van der Waals surface area contributed by atoms with E-state index in [9.17, 15) is 9.59 Å². The van der Waals surface area contributed by atoms with E-state index < -0.39 is 0 Å². The van der Waals surface area contributed by atoms with Crippen LogP contribution in [0.3, 0.4) is 0 Å². The van der Waals surface area contributed by atoms with Gasteiger partial charge in [0.15, 0.2) is 0 Å². The monoisotopic (exact) mass is 459 g/mol. The van der Waals surface area contributed by atoms with Crippen LogP contribution < -0.4 is 5.56 Å². The first kappa shape index (κ1) is 21.5. The van der Waals surface area contributed by atoms with Gasteiger partial charge in [0.1, 0.15) is 11.4 Å². The van der Waals surface area contributed by atoms with E-state index >= 15 is 0 Å². The highest BCUT2D eigenvalue weighted by Crippen LogP contribution is 2.30. The summed E-state index contributed by atoms with van der Waals surface area (Å²) >= 11 is 1.45. The van der Waals surface area contributed by atoms with Crippen LogP contribution in [-0.4, -0.2) is 56.4 Å². The Balaban J connectivity index is 1.29. The molecule has 0 spiro atoms. The second kappa shape index (κ2) is 9.25. The van der Waals surface area contributed by atoms with Gasteiger partial charge in [-0.25, -0.2) is 4.98 Å². The first-order chi connectivity index (χ1) is 16.1. The number of nitrogens with zero attached hydrogens (tertiary/aromatic N) is 5. The predicted molar refractivity (Wildman–Crippen MR) is 130 cm³/mol. The molecule has 7 nitrogen and oxygen atoms in total. The highest BCUT2D eigenvalue weighted by molar-refractivity contribution is 7.17. The molecule has 0 radical (unpaired) electrons. The average Bonchev–Trinajstić information content (AvgIpc) is 3.27. The lowest BCUT2D eigenvalue weighted by molar-refractivity contribution is -0.133. The molecular weight excluding hydrogens is 434 g/mol. The lowest BCUT2D eigenvalue weighted by Crippen LogP contribution is -2.49. The van der Waals surface area contributed by atoms with E-state index in [0.29, 0.717) is 23.3 Å². The Morgan fingerprint density at radius 1 is 1.03 bits per heavy atom. The van der Waals surface area contributed by atoms with E-state index in [1.807, 2.05) is 53.6 Å². The maximum Gasteiger partial charge on any atom is 0.263 e. The standard InChI is InChI=1S/C25H25N5O2S/c1-18-2-4-20(5-3-18)21-16-33-24-23(21)25(32)30(17-27-24)15-22(31)29-12-10-28(11-13-29)14-19-6-8-26-9-7-19/h2-9,16-17H,10-15H2,1H3. The molecule has 0 aliphatic carbocycles. The zero-order chi connectivity index (χ0) is 22.8. The second-order valence-corrected chi connectivity index (χ2v) is 9.24. The van der Waals surface area contributed by atoms with Gasteiger partial charge < -0.3 is 4.90 Å². The molecule has 168 valence electrons. The van der Waals surface area contributed by atoms with Crippen LogP contribution in [0.2, 0.25) is 0 Å². The van der Waals surface area contributed by atoms with E-state index in [4.69, 9.17) is 0 Å². The number of aromatic nitrogens is 3. The molecule has 33 heavy (non-hydrogen) atoms. The van der Waals surface area contributed by atoms with Gasteiger partial charge in [0.2, 0.25) is 5.91 Å². The maximum absolute atomic E-state index is 13.3. The Kier molecular flexibility index (Phi) is 6.02. The van der Waals surface area contributed by atoms with Gasteiger partial charge in [0.05, 0.1) is 11.7 Å². The van der Waals surface area contributed by atoms with Gasteiger partial charge in [0.25, 0.3) is 5.56 Å². The molecule has 4 heterocycles. The molecule has 0 N–H and O–H groups in total. The van der Waals surface area contributed by atoms with Crippen LogP contribution in [0, 0.1) is 6.92 Å². The summed E-state index contributed by atoms with van der Waals surface area (Å²) in [5.41, 5.74) is 4.08. The normalized spacial score (nSPS) is 14.6. The fourth-order valence-electron chi connectivity index (χ4n) is 4.17. The summed E-state index contributed by atoms with van der Waals surface area (Å²) in [6.07, 6.45) is 5.10. The number of pyridine rings is 1. The summed E-state index contributed by atoms with van der Waals surface area (Å²) in [5.74, 6) is -0.0473. The zero-order valence-corrected chi connectivity index (χ0v) is 19.3. The molecule has 0 atom stereocenters. The van der Waals surface area contributed by atoms with E-state index in [-0.39, 0.29) is 18.0 Å². The van der Waals surface area contributed by atoms with Crippen LogP contribution in [0.4, 0.5) is 0 Å². The highest BCUT2D eigenvalue weighted by Gasteiger charge is 2.22. The van der Waals surface area contributed by atoms with Crippen molar-refractivity contribution in [1.29, 1.82) is 0 Å². The fourth-order valence-corrected chi connectivity index (χ4v) is 5.08. The summed E-state index contributed by atoms with van der Waals surface area (Å²) in [5, 5.41) is 2.55. The van der Waals surface area contributed by atoms with Crippen molar-refractivity contribution in [1.82, 2.24) is 24.3 Å². The first-order valence-electron chi connectivity index (χ1n) is 11.0. The van der Waals surface area contributed by atoms with E-state index in [1.165, 1.54) is 33.4 Å². The van der Waals surface area contributed by atoms with Crippen LogP contribution >= 0.6 is 11.3 Å². The molecule has 8 heteroatoms.